The maximum Gasteiger partial charge on any atom is 0.323 e. The summed E-state index contributed by atoms with van der Waals surface area (Å²) in [6, 6.07) is -0.542. The van der Waals surface area contributed by atoms with Gasteiger partial charge in [0.1, 0.15) is 11.6 Å². The van der Waals surface area contributed by atoms with E-state index in [1.54, 1.807) is 0 Å². The average Bonchev–Trinajstić information content (AvgIpc) is 2.89. The first-order valence-electron chi connectivity index (χ1n) is 6.05. The zero-order valence-electron chi connectivity index (χ0n) is 9.93. The number of rotatable bonds is 2. The summed E-state index contributed by atoms with van der Waals surface area (Å²) in [5.41, 5.74) is -0.495. The van der Waals surface area contributed by atoms with E-state index < -0.39 is 29.6 Å². The second kappa shape index (κ2) is 4.83. The van der Waals surface area contributed by atoms with Crippen LogP contribution in [0.15, 0.2) is 0 Å². The highest BCUT2D eigenvalue weighted by Crippen LogP contribution is 2.43. The largest absolute Gasteiger partial charge is 0.480 e. The Balaban J connectivity index is 0.000000134. The van der Waals surface area contributed by atoms with Crippen LogP contribution in [-0.4, -0.2) is 58.0 Å². The van der Waals surface area contributed by atoms with Crippen LogP contribution in [0.1, 0.15) is 19.3 Å². The average molecular weight is 258 g/mol. The summed E-state index contributed by atoms with van der Waals surface area (Å²) in [6.45, 7) is 1.31. The maximum absolute atomic E-state index is 10.5. The van der Waals surface area contributed by atoms with Crippen LogP contribution in [0.2, 0.25) is 0 Å². The molecule has 7 nitrogen and oxygen atoms in total. The molecule has 1 saturated carbocycles. The first-order valence-corrected chi connectivity index (χ1v) is 6.05. The third kappa shape index (κ3) is 2.47. The number of fused-ring (bicyclic) bond motifs is 1. The number of hydrogen-bond donors (Lipinski definition) is 5. The first kappa shape index (κ1) is 13.3. The molecule has 0 aromatic carbocycles. The highest BCUT2D eigenvalue weighted by Gasteiger charge is 2.55. The number of aliphatic hydroxyl groups excluding tert-OH is 1. The van der Waals surface area contributed by atoms with Crippen LogP contribution in [0, 0.1) is 5.92 Å². The van der Waals surface area contributed by atoms with Crippen LogP contribution in [0.25, 0.3) is 0 Å². The van der Waals surface area contributed by atoms with Gasteiger partial charge in [-0.15, -0.1) is 0 Å². The highest BCUT2D eigenvalue weighted by atomic mass is 16.4. The molecule has 2 bridgehead atoms. The Morgan fingerprint density at radius 3 is 2.06 bits per heavy atom. The Hall–Kier alpha value is -1.18. The number of hydrogen-bond acceptors (Lipinski definition) is 5. The molecule has 5 N–H and O–H groups in total. The van der Waals surface area contributed by atoms with Crippen LogP contribution in [0.4, 0.5) is 0 Å². The summed E-state index contributed by atoms with van der Waals surface area (Å²) in [7, 11) is 0. The van der Waals surface area contributed by atoms with E-state index in [4.69, 9.17) is 15.3 Å². The lowest BCUT2D eigenvalue weighted by molar-refractivity contribution is -0.147. The zero-order chi connectivity index (χ0) is 13.3. The van der Waals surface area contributed by atoms with Gasteiger partial charge in [0.25, 0.3) is 0 Å². The lowest BCUT2D eigenvalue weighted by Crippen LogP contribution is -2.50. The molecule has 4 rings (SSSR count). The first-order chi connectivity index (χ1) is 8.43. The van der Waals surface area contributed by atoms with Gasteiger partial charge in [-0.3, -0.25) is 9.59 Å². The lowest BCUT2D eigenvalue weighted by Gasteiger charge is -2.32. The number of aliphatic carboxylic acids is 2. The SMILES string of the molecule is O=C(O)C12CC(CN1)C2.O=C(O)[C@@H]1CC(O)CN1. The van der Waals surface area contributed by atoms with Crippen molar-refractivity contribution >= 4 is 11.9 Å². The number of carboxylic acid groups (broad SMARTS) is 2. The predicted octanol–water partition coefficient (Wildman–Crippen LogP) is -1.38. The zero-order valence-corrected chi connectivity index (χ0v) is 9.93. The van der Waals surface area contributed by atoms with Gasteiger partial charge in [0.15, 0.2) is 0 Å². The molecule has 0 spiro atoms. The van der Waals surface area contributed by atoms with E-state index in [0.29, 0.717) is 18.9 Å². The minimum atomic E-state index is -0.883. The number of carbonyl (C=O) groups is 2. The summed E-state index contributed by atoms with van der Waals surface area (Å²) in [4.78, 5) is 20.7. The van der Waals surface area contributed by atoms with Crippen molar-refractivity contribution in [1.29, 1.82) is 0 Å². The quantitative estimate of drug-likeness (QED) is 0.414. The van der Waals surface area contributed by atoms with E-state index >= 15 is 0 Å². The third-order valence-electron chi connectivity index (χ3n) is 3.82. The Labute approximate surface area is 104 Å². The van der Waals surface area contributed by atoms with Gasteiger partial charge in [-0.05, 0) is 25.3 Å². The third-order valence-corrected chi connectivity index (χ3v) is 3.82. The van der Waals surface area contributed by atoms with Crippen molar-refractivity contribution in [2.45, 2.75) is 36.9 Å². The molecule has 102 valence electrons. The summed E-state index contributed by atoms with van der Waals surface area (Å²) < 4.78 is 0. The van der Waals surface area contributed by atoms with Gasteiger partial charge >= 0.3 is 11.9 Å². The molecule has 0 aromatic rings. The molecule has 4 aliphatic rings. The molecule has 4 fully saturated rings. The monoisotopic (exact) mass is 258 g/mol. The Morgan fingerprint density at radius 1 is 1.17 bits per heavy atom. The van der Waals surface area contributed by atoms with Crippen molar-refractivity contribution < 1.29 is 24.9 Å². The van der Waals surface area contributed by atoms with E-state index in [1.165, 1.54) is 0 Å². The molecule has 3 aliphatic heterocycles. The van der Waals surface area contributed by atoms with Crippen LogP contribution in [0.3, 0.4) is 0 Å². The van der Waals surface area contributed by atoms with Crippen LogP contribution in [0.5, 0.6) is 0 Å². The Kier molecular flexibility index (Phi) is 3.56. The molecular formula is C11H18N2O5. The molecule has 3 saturated heterocycles. The van der Waals surface area contributed by atoms with Crippen molar-refractivity contribution in [2.75, 3.05) is 13.1 Å². The van der Waals surface area contributed by atoms with Crippen LogP contribution < -0.4 is 10.6 Å². The van der Waals surface area contributed by atoms with Gasteiger partial charge < -0.3 is 26.0 Å². The van der Waals surface area contributed by atoms with E-state index in [1.807, 2.05) is 0 Å². The number of nitrogens with one attached hydrogen (secondary N) is 2. The Bertz CT molecular complexity index is 345. The van der Waals surface area contributed by atoms with Gasteiger partial charge in [-0.2, -0.15) is 0 Å². The molecular weight excluding hydrogens is 240 g/mol. The molecule has 1 unspecified atom stereocenters. The second-order valence-corrected chi connectivity index (χ2v) is 5.23. The van der Waals surface area contributed by atoms with E-state index in [9.17, 15) is 9.59 Å². The maximum atomic E-state index is 10.5. The molecule has 0 radical (unpaired) electrons. The molecule has 2 atom stereocenters. The molecule has 0 aromatic heterocycles. The lowest BCUT2D eigenvalue weighted by atomic mass is 9.74. The topological polar surface area (TPSA) is 119 Å². The minimum absolute atomic E-state index is 0.329. The van der Waals surface area contributed by atoms with Crippen molar-refractivity contribution in [3.8, 4) is 0 Å². The van der Waals surface area contributed by atoms with E-state index in [2.05, 4.69) is 10.6 Å². The summed E-state index contributed by atoms with van der Waals surface area (Å²) in [5, 5.41) is 31.5. The van der Waals surface area contributed by atoms with Crippen molar-refractivity contribution in [3.63, 3.8) is 0 Å². The van der Waals surface area contributed by atoms with Gasteiger partial charge in [-0.1, -0.05) is 0 Å². The fourth-order valence-corrected chi connectivity index (χ4v) is 2.71. The molecule has 3 heterocycles. The van der Waals surface area contributed by atoms with Gasteiger partial charge in [-0.25, -0.2) is 0 Å². The van der Waals surface area contributed by atoms with Crippen molar-refractivity contribution in [3.05, 3.63) is 0 Å². The van der Waals surface area contributed by atoms with Crippen molar-refractivity contribution in [2.24, 2.45) is 5.92 Å². The van der Waals surface area contributed by atoms with Crippen LogP contribution >= 0.6 is 0 Å². The minimum Gasteiger partial charge on any atom is -0.480 e. The smallest absolute Gasteiger partial charge is 0.323 e. The second-order valence-electron chi connectivity index (χ2n) is 5.23. The number of carboxylic acids is 2. The molecule has 7 heteroatoms. The predicted molar refractivity (Wildman–Crippen MR) is 61.1 cm³/mol. The normalized spacial score (nSPS) is 40.6. The van der Waals surface area contributed by atoms with Gasteiger partial charge in [0.2, 0.25) is 0 Å². The number of aliphatic hydroxyl groups is 1. The summed E-state index contributed by atoms with van der Waals surface area (Å²) in [5.74, 6) is -0.899. The molecule has 18 heavy (non-hydrogen) atoms. The summed E-state index contributed by atoms with van der Waals surface area (Å²) in [6.07, 6.45) is 1.55. The fraction of sp³-hybridized carbons (Fsp3) is 0.818. The summed E-state index contributed by atoms with van der Waals surface area (Å²) >= 11 is 0. The fourth-order valence-electron chi connectivity index (χ4n) is 2.71. The van der Waals surface area contributed by atoms with Gasteiger partial charge in [0, 0.05) is 13.0 Å². The van der Waals surface area contributed by atoms with E-state index in [-0.39, 0.29) is 0 Å². The van der Waals surface area contributed by atoms with E-state index in [0.717, 1.165) is 19.4 Å². The van der Waals surface area contributed by atoms with Crippen LogP contribution in [-0.2, 0) is 9.59 Å². The van der Waals surface area contributed by atoms with Gasteiger partial charge in [0.05, 0.1) is 6.10 Å². The standard InChI is InChI=1S/C6H9NO2.C5H9NO3/c8-5(9)6-1-4(2-6)3-7-6;7-3-1-4(5(8)9)6-2-3/h4,7H,1-3H2,(H,8,9);3-4,6-7H,1-2H2,(H,8,9)/t;3?,4-/m.0/s1. The molecule has 0 amide bonds. The van der Waals surface area contributed by atoms with Crippen molar-refractivity contribution in [1.82, 2.24) is 10.6 Å². The highest BCUT2D eigenvalue weighted by molar-refractivity contribution is 5.81. The molecule has 1 aliphatic carbocycles. The Morgan fingerprint density at radius 2 is 1.83 bits per heavy atom. The number of β-amino-alcohol motifs (C(OH)–C–C–N with tert-alkyl or cyclic N) is 1.